The van der Waals surface area contributed by atoms with Gasteiger partial charge in [-0.25, -0.2) is 0 Å². The van der Waals surface area contributed by atoms with Crippen molar-refractivity contribution in [3.05, 3.63) is 33.8 Å². The highest BCUT2D eigenvalue weighted by Gasteiger charge is 2.27. The summed E-state index contributed by atoms with van der Waals surface area (Å²) in [5.41, 5.74) is 7.62. The van der Waals surface area contributed by atoms with Gasteiger partial charge in [-0.05, 0) is 37.6 Å². The summed E-state index contributed by atoms with van der Waals surface area (Å²) < 4.78 is 6.59. The zero-order chi connectivity index (χ0) is 14.0. The Hall–Kier alpha value is -0.910. The van der Waals surface area contributed by atoms with Crippen LogP contribution in [0.4, 0.5) is 0 Å². The smallest absolute Gasteiger partial charge is 0.254 e. The predicted molar refractivity (Wildman–Crippen MR) is 78.2 cm³/mol. The van der Waals surface area contributed by atoms with Gasteiger partial charge in [0.05, 0.1) is 12.7 Å². The van der Waals surface area contributed by atoms with Gasteiger partial charge in [0.2, 0.25) is 0 Å². The van der Waals surface area contributed by atoms with E-state index >= 15 is 0 Å². The van der Waals surface area contributed by atoms with Crippen LogP contribution < -0.4 is 5.73 Å². The van der Waals surface area contributed by atoms with Gasteiger partial charge < -0.3 is 15.4 Å². The average molecular weight is 327 g/mol. The molecule has 5 heteroatoms. The average Bonchev–Trinajstić information content (AvgIpc) is 2.41. The van der Waals surface area contributed by atoms with E-state index < -0.39 is 0 Å². The number of benzene rings is 1. The second kappa shape index (κ2) is 6.03. The summed E-state index contributed by atoms with van der Waals surface area (Å²) in [6.45, 7) is 5.61. The maximum Gasteiger partial charge on any atom is 0.254 e. The maximum absolute atomic E-state index is 12.4. The van der Waals surface area contributed by atoms with Gasteiger partial charge in [-0.3, -0.25) is 4.79 Å². The summed E-state index contributed by atoms with van der Waals surface area (Å²) in [7, 11) is 0. The second-order valence-corrected chi connectivity index (χ2v) is 5.84. The van der Waals surface area contributed by atoms with Crippen LogP contribution in [0, 0.1) is 6.92 Å². The van der Waals surface area contributed by atoms with Crippen molar-refractivity contribution in [3.8, 4) is 0 Å². The first-order chi connectivity index (χ1) is 8.99. The molecule has 1 fully saturated rings. The van der Waals surface area contributed by atoms with Gasteiger partial charge in [-0.2, -0.15) is 0 Å². The molecule has 1 aliphatic heterocycles. The number of morpholine rings is 1. The van der Waals surface area contributed by atoms with Crippen molar-refractivity contribution in [2.45, 2.75) is 26.0 Å². The Balaban J connectivity index is 2.12. The number of aryl methyl sites for hydroxylation is 1. The van der Waals surface area contributed by atoms with Gasteiger partial charge in [0.25, 0.3) is 5.91 Å². The molecule has 0 bridgehead atoms. The number of rotatable bonds is 2. The Bertz CT molecular complexity index is 477. The number of ether oxygens (including phenoxy) is 1. The summed E-state index contributed by atoms with van der Waals surface area (Å²) in [6.07, 6.45) is -0.0748. The first kappa shape index (κ1) is 14.5. The number of carbonyl (C=O) groups is 1. The topological polar surface area (TPSA) is 55.6 Å². The van der Waals surface area contributed by atoms with Gasteiger partial charge >= 0.3 is 0 Å². The third-order valence-electron chi connectivity index (χ3n) is 3.37. The van der Waals surface area contributed by atoms with E-state index in [0.717, 1.165) is 10.0 Å². The first-order valence-corrected chi connectivity index (χ1v) is 7.21. The largest absolute Gasteiger partial charge is 0.373 e. The lowest BCUT2D eigenvalue weighted by Gasteiger charge is -2.34. The summed E-state index contributed by atoms with van der Waals surface area (Å²) in [4.78, 5) is 14.3. The fourth-order valence-electron chi connectivity index (χ4n) is 2.14. The lowest BCUT2D eigenvalue weighted by atomic mass is 10.1. The van der Waals surface area contributed by atoms with Crippen LogP contribution in [0.25, 0.3) is 0 Å². The summed E-state index contributed by atoms with van der Waals surface area (Å²) in [6, 6.07) is 5.59. The number of amides is 1. The second-order valence-electron chi connectivity index (χ2n) is 4.98. The molecule has 0 aliphatic carbocycles. The molecule has 104 valence electrons. The van der Waals surface area contributed by atoms with Crippen molar-refractivity contribution in [1.82, 2.24) is 4.90 Å². The van der Waals surface area contributed by atoms with E-state index in [1.54, 1.807) is 0 Å². The minimum absolute atomic E-state index is 0.0459. The van der Waals surface area contributed by atoms with E-state index in [2.05, 4.69) is 15.9 Å². The van der Waals surface area contributed by atoms with Crippen LogP contribution in [-0.2, 0) is 4.74 Å². The molecule has 1 aromatic carbocycles. The van der Waals surface area contributed by atoms with Gasteiger partial charge in [0, 0.05) is 29.2 Å². The molecule has 0 saturated carbocycles. The summed E-state index contributed by atoms with van der Waals surface area (Å²) in [5, 5.41) is 0. The lowest BCUT2D eigenvalue weighted by molar-refractivity contribution is -0.0300. The molecule has 0 aromatic heterocycles. The van der Waals surface area contributed by atoms with E-state index in [1.807, 2.05) is 36.9 Å². The molecule has 1 aliphatic rings. The minimum Gasteiger partial charge on any atom is -0.373 e. The van der Waals surface area contributed by atoms with Crippen LogP contribution in [0.3, 0.4) is 0 Å². The molecular formula is C14H19BrN2O2. The highest BCUT2D eigenvalue weighted by atomic mass is 79.9. The van der Waals surface area contributed by atoms with Crippen molar-refractivity contribution in [2.75, 3.05) is 19.7 Å². The molecule has 2 unspecified atom stereocenters. The first-order valence-electron chi connectivity index (χ1n) is 6.41. The number of hydrogen-bond acceptors (Lipinski definition) is 3. The van der Waals surface area contributed by atoms with Crippen LogP contribution >= 0.6 is 15.9 Å². The quantitative estimate of drug-likeness (QED) is 0.903. The van der Waals surface area contributed by atoms with Crippen LogP contribution in [0.15, 0.2) is 22.7 Å². The predicted octanol–water partition coefficient (Wildman–Crippen LogP) is 1.95. The summed E-state index contributed by atoms with van der Waals surface area (Å²) in [5.74, 6) is 0.0459. The highest BCUT2D eigenvalue weighted by molar-refractivity contribution is 9.10. The number of nitrogens with two attached hydrogens (primary N) is 1. The Labute approximate surface area is 122 Å². The number of halogens is 1. The molecule has 2 atom stereocenters. The van der Waals surface area contributed by atoms with Crippen molar-refractivity contribution < 1.29 is 9.53 Å². The van der Waals surface area contributed by atoms with E-state index in [4.69, 9.17) is 10.5 Å². The fourth-order valence-corrected chi connectivity index (χ4v) is 2.38. The zero-order valence-electron chi connectivity index (χ0n) is 11.2. The number of nitrogens with zero attached hydrogens (tertiary/aromatic N) is 1. The van der Waals surface area contributed by atoms with Crippen molar-refractivity contribution in [2.24, 2.45) is 5.73 Å². The third kappa shape index (κ3) is 3.35. The molecule has 1 saturated heterocycles. The Morgan fingerprint density at radius 3 is 2.95 bits per heavy atom. The highest BCUT2D eigenvalue weighted by Crippen LogP contribution is 2.19. The number of carbonyl (C=O) groups excluding carboxylic acids is 1. The van der Waals surface area contributed by atoms with E-state index in [-0.39, 0.29) is 18.1 Å². The third-order valence-corrected chi connectivity index (χ3v) is 4.26. The zero-order valence-corrected chi connectivity index (χ0v) is 12.8. The lowest BCUT2D eigenvalue weighted by Crippen LogP contribution is -2.51. The molecule has 19 heavy (non-hydrogen) atoms. The van der Waals surface area contributed by atoms with Crippen LogP contribution in [0.5, 0.6) is 0 Å². The van der Waals surface area contributed by atoms with Gasteiger partial charge in [0.15, 0.2) is 0 Å². The number of hydrogen-bond donors (Lipinski definition) is 1. The van der Waals surface area contributed by atoms with Crippen molar-refractivity contribution in [1.29, 1.82) is 0 Å². The van der Waals surface area contributed by atoms with Gasteiger partial charge in [0.1, 0.15) is 0 Å². The normalized spacial score (nSPS) is 21.3. The maximum atomic E-state index is 12.4. The Kier molecular flexibility index (Phi) is 4.60. The molecule has 0 spiro atoms. The SMILES string of the molecule is Cc1cc(C(=O)N2CCOC(C(C)N)C2)ccc1Br. The Morgan fingerprint density at radius 1 is 1.58 bits per heavy atom. The molecule has 4 nitrogen and oxygen atoms in total. The molecule has 1 heterocycles. The minimum atomic E-state index is -0.0748. The van der Waals surface area contributed by atoms with Crippen molar-refractivity contribution >= 4 is 21.8 Å². The summed E-state index contributed by atoms with van der Waals surface area (Å²) >= 11 is 3.44. The van der Waals surface area contributed by atoms with Crippen LogP contribution in [0.1, 0.15) is 22.8 Å². The van der Waals surface area contributed by atoms with E-state index in [9.17, 15) is 4.79 Å². The van der Waals surface area contributed by atoms with E-state index in [1.165, 1.54) is 0 Å². The molecular weight excluding hydrogens is 308 g/mol. The Morgan fingerprint density at radius 2 is 2.32 bits per heavy atom. The van der Waals surface area contributed by atoms with Crippen LogP contribution in [-0.4, -0.2) is 42.6 Å². The molecule has 2 N–H and O–H groups in total. The standard InChI is InChI=1S/C14H19BrN2O2/c1-9-7-11(3-4-12(9)15)14(18)17-5-6-19-13(8-17)10(2)16/h3-4,7,10,13H,5-6,8,16H2,1-2H3. The monoisotopic (exact) mass is 326 g/mol. The molecule has 1 aromatic rings. The fraction of sp³-hybridized carbons (Fsp3) is 0.500. The van der Waals surface area contributed by atoms with Gasteiger partial charge in [-0.15, -0.1) is 0 Å². The molecule has 1 amide bonds. The molecule has 0 radical (unpaired) electrons. The molecule has 2 rings (SSSR count). The van der Waals surface area contributed by atoms with Crippen LogP contribution in [0.2, 0.25) is 0 Å². The van der Waals surface area contributed by atoms with E-state index in [0.29, 0.717) is 25.3 Å². The van der Waals surface area contributed by atoms with Gasteiger partial charge in [-0.1, -0.05) is 15.9 Å². The van der Waals surface area contributed by atoms with Crippen molar-refractivity contribution in [3.63, 3.8) is 0 Å².